The molecule has 0 aliphatic rings. The van der Waals surface area contributed by atoms with Crippen molar-refractivity contribution in [2.24, 2.45) is 0 Å². The predicted molar refractivity (Wildman–Crippen MR) is 78.8 cm³/mol. The third-order valence-corrected chi connectivity index (χ3v) is 4.93. The van der Waals surface area contributed by atoms with E-state index in [4.69, 9.17) is 4.74 Å². The smallest absolute Gasteiger partial charge is 0.361 e. The minimum atomic E-state index is -4.51. The van der Waals surface area contributed by atoms with Crippen LogP contribution >= 0.6 is 0 Å². The Hall–Kier alpha value is -1.41. The monoisotopic (exact) mass is 334 g/mol. The van der Waals surface area contributed by atoms with E-state index in [1.54, 1.807) is 0 Å². The maximum Gasteiger partial charge on any atom is 0.417 e. The largest absolute Gasteiger partial charge is 0.417 e. The number of hydrogen-bond donors (Lipinski definition) is 0. The summed E-state index contributed by atoms with van der Waals surface area (Å²) in [6, 6.07) is 1.83. The molecule has 2 aromatic heterocycles. The first-order chi connectivity index (χ1) is 10.1. The molecule has 3 nitrogen and oxygen atoms in total. The van der Waals surface area contributed by atoms with E-state index in [-0.39, 0.29) is 17.8 Å². The number of aromatic nitrogens is 2. The molecule has 0 amide bonds. The molecule has 0 aliphatic carbocycles. The molecular formula is C14H18F4N2OSi. The summed E-state index contributed by atoms with van der Waals surface area (Å²) in [5.74, 6) is -0.655. The molecule has 2 aromatic rings. The fourth-order valence-electron chi connectivity index (χ4n) is 1.93. The SMILES string of the molecule is C[Si](C)(C)CCOCn1cc(F)c2ncc(C(F)(F)F)cc21. The van der Waals surface area contributed by atoms with Crippen LogP contribution in [0.3, 0.4) is 0 Å². The van der Waals surface area contributed by atoms with Crippen LogP contribution in [0.5, 0.6) is 0 Å². The molecule has 122 valence electrons. The number of nitrogens with zero attached hydrogens (tertiary/aromatic N) is 2. The number of fused-ring (bicyclic) bond motifs is 1. The zero-order valence-corrected chi connectivity index (χ0v) is 13.7. The lowest BCUT2D eigenvalue weighted by atomic mass is 10.2. The molecule has 0 N–H and O–H groups in total. The zero-order valence-electron chi connectivity index (χ0n) is 12.7. The van der Waals surface area contributed by atoms with Crippen LogP contribution in [0, 0.1) is 5.82 Å². The lowest BCUT2D eigenvalue weighted by Crippen LogP contribution is -2.22. The summed E-state index contributed by atoms with van der Waals surface area (Å²) in [6.45, 7) is 7.10. The summed E-state index contributed by atoms with van der Waals surface area (Å²) in [6.07, 6.45) is -2.75. The van der Waals surface area contributed by atoms with Crippen LogP contribution in [0.4, 0.5) is 17.6 Å². The Bertz CT molecular complexity index is 661. The fourth-order valence-corrected chi connectivity index (χ4v) is 2.68. The Morgan fingerprint density at radius 2 is 1.95 bits per heavy atom. The molecular weight excluding hydrogens is 316 g/mol. The number of alkyl halides is 3. The first kappa shape index (κ1) is 16.9. The lowest BCUT2D eigenvalue weighted by Gasteiger charge is -2.15. The van der Waals surface area contributed by atoms with Gasteiger partial charge in [-0.3, -0.25) is 4.98 Å². The van der Waals surface area contributed by atoms with Crippen molar-refractivity contribution < 1.29 is 22.3 Å². The quantitative estimate of drug-likeness (QED) is 0.457. The summed E-state index contributed by atoms with van der Waals surface area (Å²) in [4.78, 5) is 3.57. The fraction of sp³-hybridized carbons (Fsp3) is 0.500. The second-order valence-electron chi connectivity index (χ2n) is 6.38. The molecule has 0 unspecified atom stereocenters. The van der Waals surface area contributed by atoms with Crippen molar-refractivity contribution in [3.8, 4) is 0 Å². The highest BCUT2D eigenvalue weighted by molar-refractivity contribution is 6.76. The second kappa shape index (κ2) is 6.00. The molecule has 0 saturated heterocycles. The molecule has 0 fully saturated rings. The van der Waals surface area contributed by atoms with Crippen LogP contribution in [0.1, 0.15) is 5.56 Å². The number of rotatable bonds is 5. The van der Waals surface area contributed by atoms with Gasteiger partial charge in [0.05, 0.1) is 11.1 Å². The molecule has 0 radical (unpaired) electrons. The molecule has 22 heavy (non-hydrogen) atoms. The lowest BCUT2D eigenvalue weighted by molar-refractivity contribution is -0.137. The average Bonchev–Trinajstić information content (AvgIpc) is 2.69. The van der Waals surface area contributed by atoms with Gasteiger partial charge in [-0.25, -0.2) is 4.39 Å². The molecule has 2 heterocycles. The van der Waals surface area contributed by atoms with Crippen molar-refractivity contribution >= 4 is 19.1 Å². The van der Waals surface area contributed by atoms with Gasteiger partial charge in [0, 0.05) is 27.1 Å². The van der Waals surface area contributed by atoms with Crippen molar-refractivity contribution in [2.75, 3.05) is 6.61 Å². The van der Waals surface area contributed by atoms with Crippen LogP contribution in [0.2, 0.25) is 25.7 Å². The van der Waals surface area contributed by atoms with Crippen molar-refractivity contribution in [3.63, 3.8) is 0 Å². The van der Waals surface area contributed by atoms with E-state index in [0.29, 0.717) is 12.8 Å². The number of pyridine rings is 1. The van der Waals surface area contributed by atoms with Gasteiger partial charge in [-0.2, -0.15) is 13.2 Å². The van der Waals surface area contributed by atoms with Crippen LogP contribution < -0.4 is 0 Å². The van der Waals surface area contributed by atoms with E-state index in [1.807, 2.05) is 0 Å². The van der Waals surface area contributed by atoms with Gasteiger partial charge in [0.1, 0.15) is 12.2 Å². The maximum absolute atomic E-state index is 13.7. The minimum Gasteiger partial charge on any atom is -0.361 e. The zero-order chi connectivity index (χ0) is 16.5. The van der Waals surface area contributed by atoms with Crippen LogP contribution in [0.15, 0.2) is 18.5 Å². The van der Waals surface area contributed by atoms with E-state index in [9.17, 15) is 17.6 Å². The molecule has 8 heteroatoms. The molecule has 0 aromatic carbocycles. The van der Waals surface area contributed by atoms with Crippen molar-refractivity contribution in [1.29, 1.82) is 0 Å². The Labute approximate surface area is 126 Å². The maximum atomic E-state index is 13.7. The molecule has 0 atom stereocenters. The molecule has 0 bridgehead atoms. The normalized spacial score (nSPS) is 13.0. The number of hydrogen-bond acceptors (Lipinski definition) is 2. The van der Waals surface area contributed by atoms with E-state index in [1.165, 1.54) is 4.57 Å². The standard InChI is InChI=1S/C14H18F4N2OSi/c1-22(2,3)5-4-21-9-20-8-11(15)13-12(20)6-10(7-19-13)14(16,17)18/h6-8H,4-5,9H2,1-3H3. The van der Waals surface area contributed by atoms with E-state index in [0.717, 1.165) is 18.3 Å². The Kier molecular flexibility index (Phi) is 4.62. The summed E-state index contributed by atoms with van der Waals surface area (Å²) in [7, 11) is -1.25. The van der Waals surface area contributed by atoms with E-state index in [2.05, 4.69) is 24.6 Å². The first-order valence-corrected chi connectivity index (χ1v) is 10.6. The Balaban J connectivity index is 2.19. The van der Waals surface area contributed by atoms with Crippen molar-refractivity contribution in [3.05, 3.63) is 29.8 Å². The third-order valence-electron chi connectivity index (χ3n) is 3.23. The van der Waals surface area contributed by atoms with Crippen molar-refractivity contribution in [1.82, 2.24) is 9.55 Å². The van der Waals surface area contributed by atoms with Gasteiger partial charge < -0.3 is 9.30 Å². The third kappa shape index (κ3) is 4.07. The van der Waals surface area contributed by atoms with E-state index < -0.39 is 25.6 Å². The van der Waals surface area contributed by atoms with Gasteiger partial charge in [-0.1, -0.05) is 19.6 Å². The van der Waals surface area contributed by atoms with Crippen LogP contribution in [0.25, 0.3) is 11.0 Å². The highest BCUT2D eigenvalue weighted by Gasteiger charge is 2.31. The van der Waals surface area contributed by atoms with Gasteiger partial charge in [-0.15, -0.1) is 0 Å². The molecule has 0 spiro atoms. The first-order valence-electron chi connectivity index (χ1n) is 6.87. The highest BCUT2D eigenvalue weighted by atomic mass is 28.3. The minimum absolute atomic E-state index is 0.00783. The number of ether oxygens (including phenoxy) is 1. The molecule has 2 rings (SSSR count). The Morgan fingerprint density at radius 1 is 1.27 bits per heavy atom. The van der Waals surface area contributed by atoms with E-state index >= 15 is 0 Å². The van der Waals surface area contributed by atoms with Crippen LogP contribution in [-0.2, 0) is 17.6 Å². The summed E-state index contributed by atoms with van der Waals surface area (Å²) in [5.41, 5.74) is -0.899. The predicted octanol–water partition coefficient (Wildman–Crippen LogP) is 4.51. The van der Waals surface area contributed by atoms with Crippen LogP contribution in [-0.4, -0.2) is 24.2 Å². The van der Waals surface area contributed by atoms with Gasteiger partial charge in [0.25, 0.3) is 0 Å². The average molecular weight is 334 g/mol. The summed E-state index contributed by atoms with van der Waals surface area (Å²) < 4.78 is 58.7. The summed E-state index contributed by atoms with van der Waals surface area (Å²) in [5, 5.41) is 0. The molecule has 0 saturated carbocycles. The highest BCUT2D eigenvalue weighted by Crippen LogP contribution is 2.31. The van der Waals surface area contributed by atoms with Crippen molar-refractivity contribution in [2.45, 2.75) is 38.6 Å². The second-order valence-corrected chi connectivity index (χ2v) is 12.0. The van der Waals surface area contributed by atoms with Gasteiger partial charge in [0.2, 0.25) is 0 Å². The Morgan fingerprint density at radius 3 is 2.55 bits per heavy atom. The summed E-state index contributed by atoms with van der Waals surface area (Å²) >= 11 is 0. The number of halogens is 4. The van der Waals surface area contributed by atoms with Gasteiger partial charge in [-0.05, 0) is 12.1 Å². The van der Waals surface area contributed by atoms with Gasteiger partial charge in [0.15, 0.2) is 5.82 Å². The molecule has 0 aliphatic heterocycles. The topological polar surface area (TPSA) is 27.1 Å². The van der Waals surface area contributed by atoms with Gasteiger partial charge >= 0.3 is 6.18 Å².